The summed E-state index contributed by atoms with van der Waals surface area (Å²) >= 11 is 0. The summed E-state index contributed by atoms with van der Waals surface area (Å²) in [7, 11) is 3.31. The van der Waals surface area contributed by atoms with Crippen LogP contribution in [0.2, 0.25) is 0 Å². The van der Waals surface area contributed by atoms with Gasteiger partial charge in [-0.15, -0.1) is 10.2 Å². The van der Waals surface area contributed by atoms with Gasteiger partial charge in [-0.05, 0) is 38.2 Å². The van der Waals surface area contributed by atoms with Gasteiger partial charge in [0.15, 0.2) is 11.6 Å². The zero-order valence-corrected chi connectivity index (χ0v) is 10.9. The number of halogens is 1. The number of nitrogens with one attached hydrogen (secondary N) is 1. The number of hydrogen-bond donors (Lipinski definition) is 1. The van der Waals surface area contributed by atoms with Gasteiger partial charge < -0.3 is 14.5 Å². The van der Waals surface area contributed by atoms with E-state index in [9.17, 15) is 4.39 Å². The molecule has 0 radical (unpaired) electrons. The quantitative estimate of drug-likeness (QED) is 0.810. The monoisotopic (exact) mass is 265 g/mol. The normalized spacial score (nSPS) is 10.7. The van der Waals surface area contributed by atoms with Crippen LogP contribution in [0.25, 0.3) is 11.5 Å². The van der Waals surface area contributed by atoms with Crippen LogP contribution in [-0.2, 0) is 6.42 Å². The Bertz CT molecular complexity index is 542. The highest BCUT2D eigenvalue weighted by molar-refractivity contribution is 5.55. The zero-order valence-electron chi connectivity index (χ0n) is 10.9. The molecule has 0 unspecified atom stereocenters. The van der Waals surface area contributed by atoms with E-state index in [0.717, 1.165) is 13.0 Å². The van der Waals surface area contributed by atoms with Crippen molar-refractivity contribution in [2.45, 2.75) is 12.8 Å². The molecular formula is C13H16FN3O2. The van der Waals surface area contributed by atoms with Gasteiger partial charge in [-0.25, -0.2) is 4.39 Å². The maximum Gasteiger partial charge on any atom is 0.247 e. The van der Waals surface area contributed by atoms with Crippen molar-refractivity contribution in [3.8, 4) is 17.2 Å². The molecule has 0 atom stereocenters. The van der Waals surface area contributed by atoms with Gasteiger partial charge in [0.05, 0.1) is 7.11 Å². The van der Waals surface area contributed by atoms with Crippen LogP contribution in [0.15, 0.2) is 22.6 Å². The highest BCUT2D eigenvalue weighted by Gasteiger charge is 2.11. The van der Waals surface area contributed by atoms with Gasteiger partial charge in [-0.3, -0.25) is 0 Å². The van der Waals surface area contributed by atoms with E-state index in [4.69, 9.17) is 9.15 Å². The van der Waals surface area contributed by atoms with Crippen LogP contribution in [0.4, 0.5) is 4.39 Å². The van der Waals surface area contributed by atoms with Crippen molar-refractivity contribution in [3.63, 3.8) is 0 Å². The first-order chi connectivity index (χ1) is 9.24. The molecule has 0 aliphatic rings. The van der Waals surface area contributed by atoms with Gasteiger partial charge in [0.1, 0.15) is 0 Å². The third kappa shape index (κ3) is 3.29. The second-order valence-electron chi connectivity index (χ2n) is 4.06. The maximum absolute atomic E-state index is 13.3. The molecule has 6 heteroatoms. The van der Waals surface area contributed by atoms with E-state index in [0.29, 0.717) is 23.8 Å². The number of benzene rings is 1. The predicted octanol–water partition coefficient (Wildman–Crippen LogP) is 2.04. The summed E-state index contributed by atoms with van der Waals surface area (Å²) in [5.41, 5.74) is 0.644. The molecule has 0 saturated heterocycles. The van der Waals surface area contributed by atoms with Gasteiger partial charge in [-0.2, -0.15) is 0 Å². The molecule has 1 N–H and O–H groups in total. The molecule has 0 aliphatic heterocycles. The molecular weight excluding hydrogens is 249 g/mol. The molecule has 0 amide bonds. The van der Waals surface area contributed by atoms with Crippen LogP contribution in [0, 0.1) is 5.82 Å². The molecule has 0 fully saturated rings. The van der Waals surface area contributed by atoms with Crippen LogP contribution >= 0.6 is 0 Å². The van der Waals surface area contributed by atoms with Crippen LogP contribution in [0.1, 0.15) is 12.3 Å². The summed E-state index contributed by atoms with van der Waals surface area (Å²) in [6.45, 7) is 0.891. The number of aryl methyl sites for hydroxylation is 1. The summed E-state index contributed by atoms with van der Waals surface area (Å²) in [5.74, 6) is 0.693. The Labute approximate surface area is 110 Å². The Morgan fingerprint density at radius 1 is 1.37 bits per heavy atom. The third-order valence-electron chi connectivity index (χ3n) is 2.68. The lowest BCUT2D eigenvalue weighted by Crippen LogP contribution is -2.08. The van der Waals surface area contributed by atoms with Crippen molar-refractivity contribution < 1.29 is 13.5 Å². The molecule has 0 spiro atoms. The molecule has 1 heterocycles. The third-order valence-corrected chi connectivity index (χ3v) is 2.68. The van der Waals surface area contributed by atoms with Crippen LogP contribution < -0.4 is 10.1 Å². The first-order valence-electron chi connectivity index (χ1n) is 6.05. The molecule has 0 saturated carbocycles. The fraction of sp³-hybridized carbons (Fsp3) is 0.385. The van der Waals surface area contributed by atoms with Crippen molar-refractivity contribution in [1.82, 2.24) is 15.5 Å². The summed E-state index contributed by atoms with van der Waals surface area (Å²) in [4.78, 5) is 0. The average molecular weight is 265 g/mol. The van der Waals surface area contributed by atoms with Crippen molar-refractivity contribution in [3.05, 3.63) is 29.9 Å². The van der Waals surface area contributed by atoms with Gasteiger partial charge in [0.2, 0.25) is 11.8 Å². The number of rotatable bonds is 6. The number of nitrogens with zero attached hydrogens (tertiary/aromatic N) is 2. The SMILES string of the molecule is CNCCCc1nnc(-c2ccc(F)c(OC)c2)o1. The highest BCUT2D eigenvalue weighted by Crippen LogP contribution is 2.25. The predicted molar refractivity (Wildman–Crippen MR) is 68.5 cm³/mol. The molecule has 2 aromatic rings. The van der Waals surface area contributed by atoms with Crippen molar-refractivity contribution in [2.24, 2.45) is 0 Å². The van der Waals surface area contributed by atoms with Gasteiger partial charge in [0, 0.05) is 12.0 Å². The van der Waals surface area contributed by atoms with Gasteiger partial charge >= 0.3 is 0 Å². The van der Waals surface area contributed by atoms with E-state index in [2.05, 4.69) is 15.5 Å². The second kappa shape index (κ2) is 6.29. The highest BCUT2D eigenvalue weighted by atomic mass is 19.1. The van der Waals surface area contributed by atoms with E-state index in [1.807, 2.05) is 7.05 Å². The molecule has 1 aromatic heterocycles. The second-order valence-corrected chi connectivity index (χ2v) is 4.06. The molecule has 102 valence electrons. The lowest BCUT2D eigenvalue weighted by Gasteiger charge is -2.02. The average Bonchev–Trinajstić information content (AvgIpc) is 2.88. The number of aromatic nitrogens is 2. The lowest BCUT2D eigenvalue weighted by molar-refractivity contribution is 0.386. The minimum atomic E-state index is -0.417. The fourth-order valence-corrected chi connectivity index (χ4v) is 1.68. The summed E-state index contributed by atoms with van der Waals surface area (Å²) in [6, 6.07) is 4.45. The fourth-order valence-electron chi connectivity index (χ4n) is 1.68. The van der Waals surface area contributed by atoms with Crippen molar-refractivity contribution in [1.29, 1.82) is 0 Å². The van der Waals surface area contributed by atoms with Crippen molar-refractivity contribution in [2.75, 3.05) is 20.7 Å². The van der Waals surface area contributed by atoms with Crippen LogP contribution in [0.3, 0.4) is 0 Å². The minimum absolute atomic E-state index is 0.160. The smallest absolute Gasteiger partial charge is 0.247 e. The zero-order chi connectivity index (χ0) is 13.7. The van der Waals surface area contributed by atoms with E-state index in [-0.39, 0.29) is 5.75 Å². The summed E-state index contributed by atoms with van der Waals surface area (Å²) in [6.07, 6.45) is 1.64. The van der Waals surface area contributed by atoms with Crippen LogP contribution in [-0.4, -0.2) is 30.9 Å². The van der Waals surface area contributed by atoms with E-state index < -0.39 is 5.82 Å². The molecule has 19 heavy (non-hydrogen) atoms. The standard InChI is InChI=1S/C13H16FN3O2/c1-15-7-3-4-12-16-17-13(19-12)9-5-6-10(14)11(8-9)18-2/h5-6,8,15H,3-4,7H2,1-2H3. The summed E-state index contributed by atoms with van der Waals surface area (Å²) in [5, 5.41) is 11.0. The molecule has 0 aliphatic carbocycles. The number of hydrogen-bond acceptors (Lipinski definition) is 5. The first kappa shape index (κ1) is 13.5. The molecule has 0 bridgehead atoms. The lowest BCUT2D eigenvalue weighted by atomic mass is 10.2. The Morgan fingerprint density at radius 2 is 2.21 bits per heavy atom. The Hall–Kier alpha value is -1.95. The van der Waals surface area contributed by atoms with Crippen LogP contribution in [0.5, 0.6) is 5.75 Å². The summed E-state index contributed by atoms with van der Waals surface area (Å²) < 4.78 is 23.7. The maximum atomic E-state index is 13.3. The first-order valence-corrected chi connectivity index (χ1v) is 6.05. The van der Waals surface area contributed by atoms with E-state index in [1.54, 1.807) is 12.1 Å². The Morgan fingerprint density at radius 3 is 2.95 bits per heavy atom. The molecule has 1 aromatic carbocycles. The number of ether oxygens (including phenoxy) is 1. The Balaban J connectivity index is 2.13. The van der Waals surface area contributed by atoms with E-state index in [1.165, 1.54) is 13.2 Å². The Kier molecular flexibility index (Phi) is 4.46. The topological polar surface area (TPSA) is 60.2 Å². The molecule has 2 rings (SSSR count). The number of methoxy groups -OCH3 is 1. The largest absolute Gasteiger partial charge is 0.494 e. The minimum Gasteiger partial charge on any atom is -0.494 e. The molecule has 5 nitrogen and oxygen atoms in total. The van der Waals surface area contributed by atoms with Crippen molar-refractivity contribution >= 4 is 0 Å². The van der Waals surface area contributed by atoms with Gasteiger partial charge in [0.25, 0.3) is 0 Å². The van der Waals surface area contributed by atoms with E-state index >= 15 is 0 Å². The van der Waals surface area contributed by atoms with Gasteiger partial charge in [-0.1, -0.05) is 0 Å².